The van der Waals surface area contributed by atoms with Crippen LogP contribution in [0.25, 0.3) is 11.4 Å². The molecule has 1 N–H and O–H groups in total. The van der Waals surface area contributed by atoms with Gasteiger partial charge in [0.2, 0.25) is 0 Å². The van der Waals surface area contributed by atoms with Crippen molar-refractivity contribution in [3.8, 4) is 11.4 Å². The van der Waals surface area contributed by atoms with Crippen LogP contribution < -0.4 is 0 Å². The molecule has 2 rings (SSSR count). The number of benzene rings is 1. The van der Waals surface area contributed by atoms with E-state index in [9.17, 15) is 4.39 Å². The van der Waals surface area contributed by atoms with Crippen LogP contribution in [0.1, 0.15) is 5.56 Å². The molecule has 0 aliphatic rings. The lowest BCUT2D eigenvalue weighted by molar-refractivity contribution is 0.628. The van der Waals surface area contributed by atoms with Crippen molar-refractivity contribution in [3.05, 3.63) is 29.6 Å². The van der Waals surface area contributed by atoms with Crippen molar-refractivity contribution < 1.29 is 4.39 Å². The zero-order valence-corrected chi connectivity index (χ0v) is 6.87. The Hall–Kier alpha value is -1.78. The van der Waals surface area contributed by atoms with Crippen LogP contribution in [-0.4, -0.2) is 20.6 Å². The standard InChI is InChI=1S/C8H6FN4/c1-5-2-3-6(7(9)4-5)8-10-12-13-11-8/h2,4H,1H3,(H,10,11,12,13). The van der Waals surface area contributed by atoms with E-state index in [1.165, 1.54) is 6.07 Å². The molecule has 1 aromatic heterocycles. The molecule has 65 valence electrons. The summed E-state index contributed by atoms with van der Waals surface area (Å²) in [5.74, 6) is -0.0870. The summed E-state index contributed by atoms with van der Waals surface area (Å²) in [6.45, 7) is 1.79. The van der Waals surface area contributed by atoms with Gasteiger partial charge < -0.3 is 0 Å². The number of aromatic amines is 1. The van der Waals surface area contributed by atoms with E-state index >= 15 is 0 Å². The largest absolute Gasteiger partial charge is 0.239 e. The molecular weight excluding hydrogens is 171 g/mol. The van der Waals surface area contributed by atoms with E-state index in [1.54, 1.807) is 13.0 Å². The Morgan fingerprint density at radius 2 is 2.38 bits per heavy atom. The Balaban J connectivity index is 2.53. The highest BCUT2D eigenvalue weighted by Gasteiger charge is 2.08. The molecule has 13 heavy (non-hydrogen) atoms. The molecule has 2 aromatic rings. The van der Waals surface area contributed by atoms with Gasteiger partial charge >= 0.3 is 0 Å². The van der Waals surface area contributed by atoms with Gasteiger partial charge in [-0.15, -0.1) is 5.10 Å². The van der Waals surface area contributed by atoms with Crippen molar-refractivity contribution in [3.63, 3.8) is 0 Å². The van der Waals surface area contributed by atoms with Crippen LogP contribution in [0.4, 0.5) is 4.39 Å². The molecule has 0 saturated heterocycles. The summed E-state index contributed by atoms with van der Waals surface area (Å²) in [6.07, 6.45) is 0. The molecule has 5 heteroatoms. The van der Waals surface area contributed by atoms with Gasteiger partial charge in [0.15, 0.2) is 5.82 Å². The normalized spacial score (nSPS) is 10.3. The number of halogens is 1. The fraction of sp³-hybridized carbons (Fsp3) is 0.125. The van der Waals surface area contributed by atoms with E-state index in [0.29, 0.717) is 0 Å². The van der Waals surface area contributed by atoms with Gasteiger partial charge in [0, 0.05) is 0 Å². The van der Waals surface area contributed by atoms with Gasteiger partial charge in [-0.1, -0.05) is 6.07 Å². The maximum absolute atomic E-state index is 13.3. The molecule has 0 aliphatic heterocycles. The molecule has 4 nitrogen and oxygen atoms in total. The van der Waals surface area contributed by atoms with Crippen molar-refractivity contribution in [1.82, 2.24) is 20.6 Å². The smallest absolute Gasteiger partial charge is 0.183 e. The van der Waals surface area contributed by atoms with E-state index in [0.717, 1.165) is 5.56 Å². The molecule has 0 spiro atoms. The first-order chi connectivity index (χ1) is 6.27. The quantitative estimate of drug-likeness (QED) is 0.710. The number of aryl methyl sites for hydroxylation is 1. The summed E-state index contributed by atoms with van der Waals surface area (Å²) in [5, 5.41) is 12.8. The number of aromatic nitrogens is 4. The number of nitrogens with one attached hydrogen (secondary N) is 1. The Kier molecular flexibility index (Phi) is 1.77. The maximum Gasteiger partial charge on any atom is 0.183 e. The minimum absolute atomic E-state index is 0.260. The highest BCUT2D eigenvalue weighted by Crippen LogP contribution is 2.17. The number of nitrogens with zero attached hydrogens (tertiary/aromatic N) is 3. The average Bonchev–Trinajstić information content (AvgIpc) is 2.56. The zero-order valence-electron chi connectivity index (χ0n) is 6.87. The average molecular weight is 177 g/mol. The van der Waals surface area contributed by atoms with Crippen LogP contribution in [0.15, 0.2) is 12.1 Å². The Morgan fingerprint density at radius 1 is 1.54 bits per heavy atom. The first-order valence-corrected chi connectivity index (χ1v) is 3.69. The van der Waals surface area contributed by atoms with Crippen LogP contribution in [0.3, 0.4) is 0 Å². The molecule has 1 aromatic carbocycles. The van der Waals surface area contributed by atoms with E-state index in [-0.39, 0.29) is 17.2 Å². The van der Waals surface area contributed by atoms with Crippen LogP contribution in [0.5, 0.6) is 0 Å². The van der Waals surface area contributed by atoms with Crippen molar-refractivity contribution in [2.75, 3.05) is 0 Å². The van der Waals surface area contributed by atoms with Crippen molar-refractivity contribution in [2.45, 2.75) is 6.92 Å². The second-order valence-electron chi connectivity index (χ2n) is 2.65. The molecule has 1 radical (unpaired) electrons. The second-order valence-corrected chi connectivity index (χ2v) is 2.65. The van der Waals surface area contributed by atoms with Crippen molar-refractivity contribution >= 4 is 0 Å². The fourth-order valence-electron chi connectivity index (χ4n) is 1.02. The zero-order chi connectivity index (χ0) is 9.26. The third kappa shape index (κ3) is 1.40. The third-order valence-electron chi connectivity index (χ3n) is 1.62. The molecule has 0 saturated carbocycles. The third-order valence-corrected chi connectivity index (χ3v) is 1.62. The van der Waals surface area contributed by atoms with Crippen LogP contribution in [0.2, 0.25) is 0 Å². The lowest BCUT2D eigenvalue weighted by Gasteiger charge is -1.97. The molecule has 0 unspecified atom stereocenters. The predicted molar refractivity (Wildman–Crippen MR) is 43.1 cm³/mol. The maximum atomic E-state index is 13.3. The van der Waals surface area contributed by atoms with E-state index in [1.807, 2.05) is 0 Å². The van der Waals surface area contributed by atoms with Crippen LogP contribution in [-0.2, 0) is 0 Å². The van der Waals surface area contributed by atoms with Gasteiger partial charge in [0.1, 0.15) is 5.82 Å². The molecule has 0 atom stereocenters. The molecule has 0 aliphatic carbocycles. The fourth-order valence-corrected chi connectivity index (χ4v) is 1.02. The van der Waals surface area contributed by atoms with Gasteiger partial charge in [-0.05, 0) is 35.0 Å². The Labute approximate surface area is 73.8 Å². The van der Waals surface area contributed by atoms with Gasteiger partial charge in [-0.2, -0.15) is 0 Å². The van der Waals surface area contributed by atoms with E-state index < -0.39 is 0 Å². The highest BCUT2D eigenvalue weighted by molar-refractivity contribution is 5.54. The molecule has 1 heterocycles. The van der Waals surface area contributed by atoms with Crippen molar-refractivity contribution in [1.29, 1.82) is 0 Å². The summed E-state index contributed by atoms with van der Waals surface area (Å²) < 4.78 is 13.3. The summed E-state index contributed by atoms with van der Waals surface area (Å²) in [4.78, 5) is 0. The number of tetrazole rings is 1. The number of H-pyrrole nitrogens is 1. The summed E-state index contributed by atoms with van der Waals surface area (Å²) in [5.41, 5.74) is 1.07. The minimum atomic E-state index is -0.376. The van der Waals surface area contributed by atoms with Gasteiger partial charge in [-0.25, -0.2) is 9.49 Å². The van der Waals surface area contributed by atoms with Gasteiger partial charge in [0.05, 0.1) is 5.56 Å². The van der Waals surface area contributed by atoms with E-state index in [2.05, 4.69) is 26.7 Å². The van der Waals surface area contributed by atoms with Crippen LogP contribution in [0, 0.1) is 18.8 Å². The monoisotopic (exact) mass is 177 g/mol. The molecule has 0 bridgehead atoms. The summed E-state index contributed by atoms with van der Waals surface area (Å²) in [6, 6.07) is 5.85. The van der Waals surface area contributed by atoms with Crippen molar-refractivity contribution in [2.24, 2.45) is 0 Å². The predicted octanol–water partition coefficient (Wildman–Crippen LogP) is 1.11. The highest BCUT2D eigenvalue weighted by atomic mass is 19.1. The number of hydrogen-bond donors (Lipinski definition) is 1. The van der Waals surface area contributed by atoms with Gasteiger partial charge in [0.25, 0.3) is 0 Å². The first kappa shape index (κ1) is 7.85. The first-order valence-electron chi connectivity index (χ1n) is 3.69. The Bertz CT molecular complexity index is 410. The van der Waals surface area contributed by atoms with Crippen LogP contribution >= 0.6 is 0 Å². The van der Waals surface area contributed by atoms with E-state index in [4.69, 9.17) is 0 Å². The Morgan fingerprint density at radius 3 is 3.00 bits per heavy atom. The molecular formula is C8H6FN4. The minimum Gasteiger partial charge on any atom is -0.239 e. The lowest BCUT2D eigenvalue weighted by Crippen LogP contribution is -1.88. The number of rotatable bonds is 1. The summed E-state index contributed by atoms with van der Waals surface area (Å²) >= 11 is 0. The summed E-state index contributed by atoms with van der Waals surface area (Å²) in [7, 11) is 0. The second kappa shape index (κ2) is 2.93. The topological polar surface area (TPSA) is 54.5 Å². The number of hydrogen-bond acceptors (Lipinski definition) is 3. The SMILES string of the molecule is Cc1c[c]c(-c2nnn[nH]2)c(F)c1. The lowest BCUT2D eigenvalue weighted by atomic mass is 10.1. The van der Waals surface area contributed by atoms with Gasteiger partial charge in [-0.3, -0.25) is 0 Å². The molecule has 0 fully saturated rings. The molecule has 0 amide bonds.